The number of nitrogens with one attached hydrogen (secondary N) is 2. The van der Waals surface area contributed by atoms with Gasteiger partial charge in [0.1, 0.15) is 11.3 Å². The van der Waals surface area contributed by atoms with Crippen molar-refractivity contribution in [1.29, 1.82) is 0 Å². The Kier molecular flexibility index (Phi) is 4.49. The maximum absolute atomic E-state index is 12.4. The number of β-amino-alcohol motifs (C(OH)–C–C–N with tert-alkyl or cyclic N) is 1. The van der Waals surface area contributed by atoms with Gasteiger partial charge in [0.25, 0.3) is 11.5 Å². The van der Waals surface area contributed by atoms with Crippen molar-refractivity contribution in [2.24, 2.45) is 12.5 Å². The lowest BCUT2D eigenvalue weighted by Gasteiger charge is -2.46. The third kappa shape index (κ3) is 3.49. The number of hydrogen-bond acceptors (Lipinski definition) is 4. The Morgan fingerprint density at radius 2 is 1.92 bits per heavy atom. The summed E-state index contributed by atoms with van der Waals surface area (Å²) in [7, 11) is 1.53. The maximum atomic E-state index is 12.4. The van der Waals surface area contributed by atoms with E-state index >= 15 is 0 Å². The molecule has 1 aliphatic heterocycles. The summed E-state index contributed by atoms with van der Waals surface area (Å²) >= 11 is 0. The molecule has 3 N–H and O–H groups in total. The Morgan fingerprint density at radius 3 is 2.48 bits per heavy atom. The van der Waals surface area contributed by atoms with E-state index in [1.165, 1.54) is 29.1 Å². The van der Waals surface area contributed by atoms with Crippen molar-refractivity contribution in [1.82, 2.24) is 20.0 Å². The summed E-state index contributed by atoms with van der Waals surface area (Å²) in [6.07, 6.45) is 5.05. The number of likely N-dealkylation sites (tertiary alicyclic amines) is 1. The van der Waals surface area contributed by atoms with Gasteiger partial charge in [0.15, 0.2) is 0 Å². The van der Waals surface area contributed by atoms with Crippen LogP contribution in [-0.4, -0.2) is 56.8 Å². The quantitative estimate of drug-likeness (QED) is 0.710. The molecule has 25 heavy (non-hydrogen) atoms. The zero-order valence-corrected chi connectivity index (χ0v) is 14.8. The molecule has 2 heterocycles. The highest BCUT2D eigenvalue weighted by molar-refractivity contribution is 5.93. The summed E-state index contributed by atoms with van der Waals surface area (Å²) in [5.41, 5.74) is -1.54. The predicted octanol–water partition coefficient (Wildman–Crippen LogP) is -0.0131. The summed E-state index contributed by atoms with van der Waals surface area (Å²) in [4.78, 5) is 37.6. The van der Waals surface area contributed by atoms with Crippen molar-refractivity contribution in [2.45, 2.75) is 44.6 Å². The van der Waals surface area contributed by atoms with E-state index in [2.05, 4.69) is 10.4 Å². The van der Waals surface area contributed by atoms with E-state index in [1.54, 1.807) is 0 Å². The van der Waals surface area contributed by atoms with E-state index in [9.17, 15) is 19.5 Å². The minimum absolute atomic E-state index is 0.0159. The molecule has 1 saturated heterocycles. The summed E-state index contributed by atoms with van der Waals surface area (Å²) < 4.78 is 1.23. The van der Waals surface area contributed by atoms with Crippen LogP contribution in [0.5, 0.6) is 0 Å². The van der Waals surface area contributed by atoms with Crippen LogP contribution in [0.15, 0.2) is 10.9 Å². The second-order valence-electron chi connectivity index (χ2n) is 7.76. The molecule has 0 bridgehead atoms. The summed E-state index contributed by atoms with van der Waals surface area (Å²) in [5, 5.41) is 16.0. The van der Waals surface area contributed by atoms with Crippen molar-refractivity contribution in [3.05, 3.63) is 22.1 Å². The summed E-state index contributed by atoms with van der Waals surface area (Å²) in [5.74, 6) is -0.342. The number of rotatable bonds is 4. The van der Waals surface area contributed by atoms with Crippen molar-refractivity contribution >= 4 is 11.8 Å². The molecule has 0 unspecified atom stereocenters. The fraction of sp³-hybridized carbons (Fsp3) is 0.706. The highest BCUT2D eigenvalue weighted by atomic mass is 16.3. The number of carbonyl (C=O) groups is 2. The number of aromatic nitrogens is 2. The van der Waals surface area contributed by atoms with E-state index in [4.69, 9.17) is 0 Å². The van der Waals surface area contributed by atoms with E-state index < -0.39 is 5.60 Å². The lowest BCUT2D eigenvalue weighted by molar-refractivity contribution is -0.135. The zero-order chi connectivity index (χ0) is 18.2. The average Bonchev–Trinajstić information content (AvgIpc) is 2.89. The molecular weight excluding hydrogens is 324 g/mol. The van der Waals surface area contributed by atoms with Crippen molar-refractivity contribution < 1.29 is 14.7 Å². The van der Waals surface area contributed by atoms with E-state index in [0.717, 1.165) is 25.7 Å². The van der Waals surface area contributed by atoms with Crippen LogP contribution in [0.2, 0.25) is 0 Å². The number of carbonyl (C=O) groups excluding carboxylic acids is 2. The topological polar surface area (TPSA) is 107 Å². The van der Waals surface area contributed by atoms with Crippen LogP contribution in [0.3, 0.4) is 0 Å². The first-order chi connectivity index (χ1) is 11.7. The second kappa shape index (κ2) is 6.33. The number of nitrogens with zero attached hydrogens (tertiary/aromatic N) is 2. The molecule has 3 rings (SSSR count). The molecule has 8 heteroatoms. The molecule has 0 radical (unpaired) electrons. The Bertz CT molecular complexity index is 723. The molecule has 138 valence electrons. The van der Waals surface area contributed by atoms with Gasteiger partial charge in [-0.3, -0.25) is 24.2 Å². The third-order valence-electron chi connectivity index (χ3n) is 5.46. The molecule has 8 nitrogen and oxygen atoms in total. The van der Waals surface area contributed by atoms with Gasteiger partial charge in [-0.15, -0.1) is 0 Å². The van der Waals surface area contributed by atoms with Gasteiger partial charge in [-0.1, -0.05) is 26.2 Å². The van der Waals surface area contributed by atoms with Gasteiger partial charge in [0, 0.05) is 25.1 Å². The SMILES string of the molecule is Cn1[nH]c(C(=O)N2CC(O)(CNC(=O)C3(C)CCCCC3)C2)cc1=O. The molecule has 1 aromatic heterocycles. The monoisotopic (exact) mass is 350 g/mol. The fourth-order valence-electron chi connectivity index (χ4n) is 3.71. The van der Waals surface area contributed by atoms with Crippen molar-refractivity contribution in [2.75, 3.05) is 19.6 Å². The highest BCUT2D eigenvalue weighted by Crippen LogP contribution is 2.36. The average molecular weight is 350 g/mol. The first kappa shape index (κ1) is 17.7. The maximum Gasteiger partial charge on any atom is 0.272 e. The van der Waals surface area contributed by atoms with Crippen LogP contribution in [0.1, 0.15) is 49.5 Å². The number of aromatic amines is 1. The third-order valence-corrected chi connectivity index (χ3v) is 5.46. The summed E-state index contributed by atoms with van der Waals surface area (Å²) in [6.45, 7) is 2.39. The molecule has 2 fully saturated rings. The van der Waals surface area contributed by atoms with Gasteiger partial charge < -0.3 is 15.3 Å². The summed E-state index contributed by atoms with van der Waals surface area (Å²) in [6, 6.07) is 1.24. The smallest absolute Gasteiger partial charge is 0.272 e. The highest BCUT2D eigenvalue weighted by Gasteiger charge is 2.45. The van der Waals surface area contributed by atoms with Crippen LogP contribution < -0.4 is 10.9 Å². The van der Waals surface area contributed by atoms with E-state index in [-0.39, 0.29) is 48.1 Å². The molecule has 1 aromatic rings. The van der Waals surface area contributed by atoms with Gasteiger partial charge in [-0.2, -0.15) is 0 Å². The number of aryl methyl sites for hydroxylation is 1. The van der Waals surface area contributed by atoms with Crippen LogP contribution in [0.25, 0.3) is 0 Å². The first-order valence-corrected chi connectivity index (χ1v) is 8.79. The standard InChI is InChI=1S/C17H26N4O4/c1-16(6-4-3-5-7-16)15(24)18-9-17(25)10-21(11-17)14(23)12-8-13(22)20(2)19-12/h8,19,25H,3-7,9-11H2,1-2H3,(H,18,24). The van der Waals surface area contributed by atoms with Crippen LogP contribution >= 0.6 is 0 Å². The molecule has 1 saturated carbocycles. The number of H-pyrrole nitrogens is 1. The van der Waals surface area contributed by atoms with Gasteiger partial charge in [-0.25, -0.2) is 0 Å². The number of hydrogen-bond donors (Lipinski definition) is 3. The van der Waals surface area contributed by atoms with Crippen LogP contribution in [-0.2, 0) is 11.8 Å². The largest absolute Gasteiger partial charge is 0.384 e. The normalized spacial score (nSPS) is 21.5. The second-order valence-corrected chi connectivity index (χ2v) is 7.76. The lowest BCUT2D eigenvalue weighted by atomic mass is 9.75. The number of aliphatic hydroxyl groups is 1. The Hall–Kier alpha value is -2.09. The minimum Gasteiger partial charge on any atom is -0.384 e. The van der Waals surface area contributed by atoms with Crippen LogP contribution in [0, 0.1) is 5.41 Å². The molecule has 0 spiro atoms. The zero-order valence-electron chi connectivity index (χ0n) is 14.8. The van der Waals surface area contributed by atoms with Gasteiger partial charge >= 0.3 is 0 Å². The van der Waals surface area contributed by atoms with E-state index in [0.29, 0.717) is 0 Å². The molecule has 2 aliphatic rings. The Balaban J connectivity index is 1.51. The minimum atomic E-state index is -1.11. The molecule has 0 aromatic carbocycles. The Morgan fingerprint density at radius 1 is 1.28 bits per heavy atom. The lowest BCUT2D eigenvalue weighted by Crippen LogP contribution is -2.68. The molecule has 2 amide bonds. The van der Waals surface area contributed by atoms with Gasteiger partial charge in [-0.05, 0) is 12.8 Å². The van der Waals surface area contributed by atoms with E-state index in [1.807, 2.05) is 6.92 Å². The molecular formula is C17H26N4O4. The Labute approximate surface area is 146 Å². The van der Waals surface area contributed by atoms with Crippen LogP contribution in [0.4, 0.5) is 0 Å². The van der Waals surface area contributed by atoms with Gasteiger partial charge in [0.2, 0.25) is 5.91 Å². The fourth-order valence-corrected chi connectivity index (χ4v) is 3.71. The predicted molar refractivity (Wildman–Crippen MR) is 91.1 cm³/mol. The first-order valence-electron chi connectivity index (χ1n) is 8.79. The van der Waals surface area contributed by atoms with Crippen molar-refractivity contribution in [3.63, 3.8) is 0 Å². The number of amides is 2. The molecule has 1 aliphatic carbocycles. The molecule has 0 atom stereocenters. The van der Waals surface area contributed by atoms with Crippen molar-refractivity contribution in [3.8, 4) is 0 Å². The van der Waals surface area contributed by atoms with Gasteiger partial charge in [0.05, 0.1) is 13.1 Å².